The van der Waals surface area contributed by atoms with Gasteiger partial charge in [-0.3, -0.25) is 4.79 Å². The third-order valence-electron chi connectivity index (χ3n) is 2.19. The van der Waals surface area contributed by atoms with Crippen LogP contribution in [0.4, 0.5) is 0 Å². The number of thioether (sulfide) groups is 1. The second-order valence-corrected chi connectivity index (χ2v) is 4.61. The Balaban J connectivity index is 2.23. The molecule has 0 aliphatic rings. The minimum Gasteiger partial charge on any atom is -0.345 e. The van der Waals surface area contributed by atoms with Crippen LogP contribution in [0.15, 0.2) is 29.4 Å². The molecule has 0 unspecified atom stereocenters. The summed E-state index contributed by atoms with van der Waals surface area (Å²) in [6.07, 6.45) is 2.60. The van der Waals surface area contributed by atoms with Gasteiger partial charge in [-0.1, -0.05) is 6.07 Å². The smallest absolute Gasteiger partial charge is 0.223 e. The highest BCUT2D eigenvalue weighted by Gasteiger charge is 2.07. The zero-order valence-corrected chi connectivity index (χ0v) is 10.6. The van der Waals surface area contributed by atoms with Crippen LogP contribution in [-0.4, -0.2) is 35.1 Å². The quantitative estimate of drug-likeness (QED) is 0.723. The van der Waals surface area contributed by atoms with Gasteiger partial charge in [0, 0.05) is 32.0 Å². The molecule has 1 aromatic heterocycles. The van der Waals surface area contributed by atoms with Crippen molar-refractivity contribution in [3.63, 3.8) is 0 Å². The molecule has 0 aliphatic heterocycles. The lowest BCUT2D eigenvalue weighted by Gasteiger charge is -2.14. The van der Waals surface area contributed by atoms with Crippen molar-refractivity contribution >= 4 is 17.7 Å². The van der Waals surface area contributed by atoms with Gasteiger partial charge in [-0.2, -0.15) is 5.26 Å². The lowest BCUT2D eigenvalue weighted by atomic mass is 10.3. The van der Waals surface area contributed by atoms with Crippen LogP contribution >= 0.6 is 11.8 Å². The van der Waals surface area contributed by atoms with Crippen LogP contribution in [0.2, 0.25) is 0 Å². The van der Waals surface area contributed by atoms with Gasteiger partial charge in [0.05, 0.1) is 17.5 Å². The number of aromatic nitrogens is 1. The van der Waals surface area contributed by atoms with Crippen molar-refractivity contribution in [3.8, 4) is 6.07 Å². The number of rotatable bonds is 6. The number of hydrogen-bond acceptors (Lipinski definition) is 4. The molecule has 4 nitrogen and oxygen atoms in total. The Hall–Kier alpha value is -1.54. The van der Waals surface area contributed by atoms with E-state index in [2.05, 4.69) is 4.98 Å². The molecule has 90 valence electrons. The van der Waals surface area contributed by atoms with Crippen LogP contribution in [-0.2, 0) is 4.79 Å². The Morgan fingerprint density at radius 2 is 2.41 bits per heavy atom. The van der Waals surface area contributed by atoms with E-state index in [1.54, 1.807) is 29.9 Å². The average molecular weight is 249 g/mol. The van der Waals surface area contributed by atoms with Gasteiger partial charge in [0.25, 0.3) is 0 Å². The fraction of sp³-hybridized carbons (Fsp3) is 0.417. The van der Waals surface area contributed by atoms with E-state index < -0.39 is 0 Å². The number of nitriles is 1. The largest absolute Gasteiger partial charge is 0.345 e. The second-order valence-electron chi connectivity index (χ2n) is 3.49. The van der Waals surface area contributed by atoms with Crippen molar-refractivity contribution in [2.24, 2.45) is 0 Å². The predicted molar refractivity (Wildman–Crippen MR) is 67.4 cm³/mol. The van der Waals surface area contributed by atoms with Gasteiger partial charge >= 0.3 is 0 Å². The van der Waals surface area contributed by atoms with E-state index in [4.69, 9.17) is 5.26 Å². The Bertz CT molecular complexity index is 388. The summed E-state index contributed by atoms with van der Waals surface area (Å²) in [4.78, 5) is 17.4. The SMILES string of the molecule is CN(CCC#N)C(=O)CCSc1ccccn1. The highest BCUT2D eigenvalue weighted by molar-refractivity contribution is 7.99. The Morgan fingerprint density at radius 3 is 3.06 bits per heavy atom. The van der Waals surface area contributed by atoms with Crippen molar-refractivity contribution in [1.29, 1.82) is 5.26 Å². The molecule has 1 aromatic rings. The van der Waals surface area contributed by atoms with E-state index in [0.29, 0.717) is 25.1 Å². The summed E-state index contributed by atoms with van der Waals surface area (Å²) in [6.45, 7) is 0.504. The van der Waals surface area contributed by atoms with Crippen molar-refractivity contribution in [3.05, 3.63) is 24.4 Å². The molecule has 1 amide bonds. The van der Waals surface area contributed by atoms with Crippen LogP contribution in [0.25, 0.3) is 0 Å². The van der Waals surface area contributed by atoms with Crippen molar-refractivity contribution in [1.82, 2.24) is 9.88 Å². The molecule has 1 heterocycles. The molecule has 0 aliphatic carbocycles. The monoisotopic (exact) mass is 249 g/mol. The summed E-state index contributed by atoms with van der Waals surface area (Å²) in [7, 11) is 1.73. The van der Waals surface area contributed by atoms with Crippen LogP contribution in [0.1, 0.15) is 12.8 Å². The summed E-state index contributed by atoms with van der Waals surface area (Å²) < 4.78 is 0. The Labute approximate surface area is 106 Å². The molecule has 0 saturated heterocycles. The lowest BCUT2D eigenvalue weighted by molar-refractivity contribution is -0.129. The van der Waals surface area contributed by atoms with Gasteiger partial charge in [-0.15, -0.1) is 11.8 Å². The van der Waals surface area contributed by atoms with Crippen LogP contribution in [0.5, 0.6) is 0 Å². The maximum Gasteiger partial charge on any atom is 0.223 e. The third kappa shape index (κ3) is 5.36. The van der Waals surface area contributed by atoms with Gasteiger partial charge < -0.3 is 4.90 Å². The number of carbonyl (C=O) groups is 1. The number of amides is 1. The second kappa shape index (κ2) is 7.69. The zero-order chi connectivity index (χ0) is 12.5. The summed E-state index contributed by atoms with van der Waals surface area (Å²) in [6, 6.07) is 7.74. The van der Waals surface area contributed by atoms with Crippen molar-refractivity contribution in [2.75, 3.05) is 19.3 Å². The first-order chi connectivity index (χ1) is 8.24. The standard InChI is InChI=1S/C12H15N3OS/c1-15(9-4-7-13)12(16)6-10-17-11-5-2-3-8-14-11/h2-3,5,8H,4,6,9-10H2,1H3. The van der Waals surface area contributed by atoms with Gasteiger partial charge in [0.2, 0.25) is 5.91 Å². The topological polar surface area (TPSA) is 57.0 Å². The van der Waals surface area contributed by atoms with Crippen LogP contribution < -0.4 is 0 Å². The molecule has 17 heavy (non-hydrogen) atoms. The highest BCUT2D eigenvalue weighted by atomic mass is 32.2. The molecule has 5 heteroatoms. The van der Waals surface area contributed by atoms with E-state index in [-0.39, 0.29) is 5.91 Å². The third-order valence-corrected chi connectivity index (χ3v) is 3.13. The lowest BCUT2D eigenvalue weighted by Crippen LogP contribution is -2.27. The maximum absolute atomic E-state index is 11.6. The molecule has 1 rings (SSSR count). The fourth-order valence-corrected chi connectivity index (χ4v) is 2.00. The molecule has 0 bridgehead atoms. The van der Waals surface area contributed by atoms with Gasteiger partial charge in [0.1, 0.15) is 0 Å². The van der Waals surface area contributed by atoms with E-state index in [1.165, 1.54) is 0 Å². The molecule has 0 fully saturated rings. The average Bonchev–Trinajstić information content (AvgIpc) is 2.37. The van der Waals surface area contributed by atoms with Gasteiger partial charge in [-0.25, -0.2) is 4.98 Å². The summed E-state index contributed by atoms with van der Waals surface area (Å²) >= 11 is 1.57. The van der Waals surface area contributed by atoms with Crippen molar-refractivity contribution in [2.45, 2.75) is 17.9 Å². The molecule has 0 atom stereocenters. The Morgan fingerprint density at radius 1 is 1.59 bits per heavy atom. The van der Waals surface area contributed by atoms with E-state index in [0.717, 1.165) is 5.03 Å². The number of nitrogens with zero attached hydrogens (tertiary/aromatic N) is 3. The fourth-order valence-electron chi connectivity index (χ4n) is 1.21. The summed E-state index contributed by atoms with van der Waals surface area (Å²) in [5, 5.41) is 9.35. The minimum atomic E-state index is 0.0729. The normalized spacial score (nSPS) is 9.65. The number of carbonyl (C=O) groups excluding carboxylic acids is 1. The molecule has 0 saturated carbocycles. The Kier molecular flexibility index (Phi) is 6.12. The molecule has 0 N–H and O–H groups in total. The summed E-state index contributed by atoms with van der Waals surface area (Å²) in [5.74, 6) is 0.788. The van der Waals surface area contributed by atoms with Gasteiger partial charge in [0.15, 0.2) is 0 Å². The molecule has 0 spiro atoms. The summed E-state index contributed by atoms with van der Waals surface area (Å²) in [5.41, 5.74) is 0. The highest BCUT2D eigenvalue weighted by Crippen LogP contribution is 2.15. The molecular formula is C12H15N3OS. The van der Waals surface area contributed by atoms with E-state index in [9.17, 15) is 4.79 Å². The van der Waals surface area contributed by atoms with Crippen LogP contribution in [0, 0.1) is 11.3 Å². The molecule has 0 radical (unpaired) electrons. The van der Waals surface area contributed by atoms with E-state index in [1.807, 2.05) is 24.3 Å². The molecule has 0 aromatic carbocycles. The first-order valence-corrected chi connectivity index (χ1v) is 6.37. The maximum atomic E-state index is 11.6. The first-order valence-electron chi connectivity index (χ1n) is 5.39. The minimum absolute atomic E-state index is 0.0729. The number of pyridine rings is 1. The van der Waals surface area contributed by atoms with Gasteiger partial charge in [-0.05, 0) is 12.1 Å². The number of hydrogen-bond donors (Lipinski definition) is 0. The first kappa shape index (κ1) is 13.5. The van der Waals surface area contributed by atoms with Crippen LogP contribution in [0.3, 0.4) is 0 Å². The molecular weight excluding hydrogens is 234 g/mol. The predicted octanol–water partition coefficient (Wildman–Crippen LogP) is 1.94. The van der Waals surface area contributed by atoms with Crippen molar-refractivity contribution < 1.29 is 4.79 Å². The van der Waals surface area contributed by atoms with E-state index >= 15 is 0 Å². The zero-order valence-electron chi connectivity index (χ0n) is 9.80.